The number of carbonyl (C=O) groups excluding carboxylic acids is 1. The smallest absolute Gasteiger partial charge is 0.349 e. The van der Waals surface area contributed by atoms with Crippen molar-refractivity contribution in [2.75, 3.05) is 18.4 Å². The van der Waals surface area contributed by atoms with E-state index in [2.05, 4.69) is 15.6 Å². The van der Waals surface area contributed by atoms with Gasteiger partial charge in [-0.25, -0.2) is 4.79 Å². The first-order valence-electron chi connectivity index (χ1n) is 7.19. The molecule has 2 heterocycles. The lowest BCUT2D eigenvalue weighted by atomic mass is 10.2. The third-order valence-corrected chi connectivity index (χ3v) is 3.29. The predicted octanol–water partition coefficient (Wildman–Crippen LogP) is 2.03. The van der Waals surface area contributed by atoms with Crippen molar-refractivity contribution in [3.05, 3.63) is 70.8 Å². The Morgan fingerprint density at radius 1 is 1.13 bits per heavy atom. The number of para-hydroxylation sites is 1. The minimum Gasteiger partial charge on any atom is -0.422 e. The van der Waals surface area contributed by atoms with E-state index in [1.807, 2.05) is 18.2 Å². The van der Waals surface area contributed by atoms with E-state index in [1.165, 1.54) is 0 Å². The highest BCUT2D eigenvalue weighted by Crippen LogP contribution is 2.12. The molecule has 0 unspecified atom stereocenters. The van der Waals surface area contributed by atoms with Crippen LogP contribution in [-0.2, 0) is 0 Å². The minimum atomic E-state index is -0.638. The molecule has 23 heavy (non-hydrogen) atoms. The van der Waals surface area contributed by atoms with E-state index in [9.17, 15) is 9.59 Å². The fourth-order valence-corrected chi connectivity index (χ4v) is 2.17. The van der Waals surface area contributed by atoms with E-state index in [0.717, 1.165) is 5.69 Å². The fourth-order valence-electron chi connectivity index (χ4n) is 2.17. The molecule has 0 fully saturated rings. The van der Waals surface area contributed by atoms with Gasteiger partial charge in [0.2, 0.25) is 0 Å². The van der Waals surface area contributed by atoms with Crippen molar-refractivity contribution in [1.29, 1.82) is 0 Å². The van der Waals surface area contributed by atoms with Gasteiger partial charge in [0.1, 0.15) is 11.1 Å². The lowest BCUT2D eigenvalue weighted by Crippen LogP contribution is -2.32. The van der Waals surface area contributed by atoms with Crippen LogP contribution in [0, 0.1) is 0 Å². The molecule has 0 spiro atoms. The van der Waals surface area contributed by atoms with Gasteiger partial charge in [-0.1, -0.05) is 18.2 Å². The third kappa shape index (κ3) is 3.55. The summed E-state index contributed by atoms with van der Waals surface area (Å²) in [5.74, 6) is -0.447. The number of anilines is 1. The number of pyridine rings is 1. The van der Waals surface area contributed by atoms with Gasteiger partial charge < -0.3 is 15.1 Å². The number of nitrogens with one attached hydrogen (secondary N) is 2. The van der Waals surface area contributed by atoms with Crippen molar-refractivity contribution in [2.24, 2.45) is 0 Å². The van der Waals surface area contributed by atoms with E-state index in [1.54, 1.807) is 36.7 Å². The molecule has 1 aromatic carbocycles. The number of benzene rings is 1. The van der Waals surface area contributed by atoms with Crippen LogP contribution < -0.4 is 16.3 Å². The van der Waals surface area contributed by atoms with Crippen LogP contribution in [0.15, 0.2) is 64.1 Å². The second-order valence-electron chi connectivity index (χ2n) is 4.91. The summed E-state index contributed by atoms with van der Waals surface area (Å²) < 4.78 is 5.15. The van der Waals surface area contributed by atoms with Gasteiger partial charge >= 0.3 is 5.63 Å². The summed E-state index contributed by atoms with van der Waals surface area (Å²) in [6, 6.07) is 12.3. The maximum absolute atomic E-state index is 12.1. The zero-order valence-electron chi connectivity index (χ0n) is 12.3. The summed E-state index contributed by atoms with van der Waals surface area (Å²) in [5, 5.41) is 6.52. The van der Waals surface area contributed by atoms with Crippen molar-refractivity contribution in [2.45, 2.75) is 0 Å². The first-order valence-corrected chi connectivity index (χ1v) is 7.19. The average Bonchev–Trinajstić information content (AvgIpc) is 2.59. The van der Waals surface area contributed by atoms with Gasteiger partial charge in [-0.2, -0.15) is 0 Å². The van der Waals surface area contributed by atoms with Gasteiger partial charge in [0.05, 0.1) is 5.69 Å². The first kappa shape index (κ1) is 14.8. The van der Waals surface area contributed by atoms with Crippen LogP contribution in [0.2, 0.25) is 0 Å². The van der Waals surface area contributed by atoms with Crippen molar-refractivity contribution < 1.29 is 9.21 Å². The number of carbonyl (C=O) groups is 1. The number of hydrogen-bond donors (Lipinski definition) is 2. The highest BCUT2D eigenvalue weighted by molar-refractivity contribution is 5.96. The maximum Gasteiger partial charge on any atom is 0.349 e. The second kappa shape index (κ2) is 6.74. The normalized spacial score (nSPS) is 10.4. The number of fused-ring (bicyclic) bond motifs is 1. The number of hydrogen-bond acceptors (Lipinski definition) is 5. The molecule has 0 aliphatic heterocycles. The van der Waals surface area contributed by atoms with Gasteiger partial charge in [-0.15, -0.1) is 0 Å². The molecule has 2 N–H and O–H groups in total. The summed E-state index contributed by atoms with van der Waals surface area (Å²) in [5.41, 5.74) is 0.700. The third-order valence-electron chi connectivity index (χ3n) is 3.29. The van der Waals surface area contributed by atoms with Gasteiger partial charge in [0, 0.05) is 30.9 Å². The van der Waals surface area contributed by atoms with E-state index >= 15 is 0 Å². The molecule has 6 nitrogen and oxygen atoms in total. The molecule has 0 aliphatic rings. The molecule has 0 saturated heterocycles. The molecule has 0 bridgehead atoms. The molecule has 0 saturated carbocycles. The van der Waals surface area contributed by atoms with E-state index in [0.29, 0.717) is 24.1 Å². The molecule has 0 atom stereocenters. The first-order chi connectivity index (χ1) is 11.2. The molecule has 3 rings (SSSR count). The van der Waals surface area contributed by atoms with Crippen molar-refractivity contribution in [3.63, 3.8) is 0 Å². The summed E-state index contributed by atoms with van der Waals surface area (Å²) >= 11 is 0. The Morgan fingerprint density at radius 3 is 2.83 bits per heavy atom. The number of aromatic nitrogens is 1. The standard InChI is InChI=1S/C17H15N3O3/c21-16(20-9-8-19-13-5-3-7-18-11-13)14-10-12-4-1-2-6-15(12)23-17(14)22/h1-7,10-11,19H,8-9H2,(H,20,21). The highest BCUT2D eigenvalue weighted by atomic mass is 16.4. The Hall–Kier alpha value is -3.15. The Bertz CT molecular complexity index is 875. The van der Waals surface area contributed by atoms with Crippen LogP contribution in [0.1, 0.15) is 10.4 Å². The number of nitrogens with zero attached hydrogens (tertiary/aromatic N) is 1. The fraction of sp³-hybridized carbons (Fsp3) is 0.118. The van der Waals surface area contributed by atoms with Crippen LogP contribution in [0.4, 0.5) is 5.69 Å². The number of rotatable bonds is 5. The Morgan fingerprint density at radius 2 is 2.00 bits per heavy atom. The van der Waals surface area contributed by atoms with E-state index < -0.39 is 11.5 Å². The molecule has 6 heteroatoms. The maximum atomic E-state index is 12.1. The van der Waals surface area contributed by atoms with Crippen LogP contribution in [0.5, 0.6) is 0 Å². The van der Waals surface area contributed by atoms with Crippen LogP contribution >= 0.6 is 0 Å². The van der Waals surface area contributed by atoms with Crippen molar-refractivity contribution in [3.8, 4) is 0 Å². The molecule has 116 valence electrons. The molecule has 0 radical (unpaired) electrons. The Labute approximate surface area is 132 Å². The average molecular weight is 309 g/mol. The largest absolute Gasteiger partial charge is 0.422 e. The zero-order chi connectivity index (χ0) is 16.1. The highest BCUT2D eigenvalue weighted by Gasteiger charge is 2.12. The van der Waals surface area contributed by atoms with Crippen LogP contribution in [0.3, 0.4) is 0 Å². The molecule has 1 amide bonds. The van der Waals surface area contributed by atoms with Crippen molar-refractivity contribution in [1.82, 2.24) is 10.3 Å². The second-order valence-corrected chi connectivity index (χ2v) is 4.91. The summed E-state index contributed by atoms with van der Waals surface area (Å²) in [4.78, 5) is 28.0. The van der Waals surface area contributed by atoms with Crippen LogP contribution in [-0.4, -0.2) is 24.0 Å². The molecule has 3 aromatic rings. The SMILES string of the molecule is O=C(NCCNc1cccnc1)c1cc2ccccc2oc1=O. The zero-order valence-corrected chi connectivity index (χ0v) is 12.3. The predicted molar refractivity (Wildman–Crippen MR) is 87.5 cm³/mol. The van der Waals surface area contributed by atoms with Crippen molar-refractivity contribution >= 4 is 22.6 Å². The molecular formula is C17H15N3O3. The monoisotopic (exact) mass is 309 g/mol. The lowest BCUT2D eigenvalue weighted by Gasteiger charge is -2.07. The van der Waals surface area contributed by atoms with Gasteiger partial charge in [0.25, 0.3) is 5.91 Å². The van der Waals surface area contributed by atoms with Gasteiger partial charge in [-0.3, -0.25) is 9.78 Å². The minimum absolute atomic E-state index is 0.00470. The summed E-state index contributed by atoms with van der Waals surface area (Å²) in [7, 11) is 0. The number of amides is 1. The summed E-state index contributed by atoms with van der Waals surface area (Å²) in [6.07, 6.45) is 3.38. The summed E-state index contributed by atoms with van der Waals surface area (Å²) in [6.45, 7) is 0.899. The Kier molecular flexibility index (Phi) is 4.33. The molecular weight excluding hydrogens is 294 g/mol. The van der Waals surface area contributed by atoms with E-state index in [-0.39, 0.29) is 5.56 Å². The van der Waals surface area contributed by atoms with Gasteiger partial charge in [-0.05, 0) is 24.3 Å². The van der Waals surface area contributed by atoms with Crippen LogP contribution in [0.25, 0.3) is 11.0 Å². The quantitative estimate of drug-likeness (QED) is 0.556. The van der Waals surface area contributed by atoms with E-state index in [4.69, 9.17) is 4.42 Å². The molecule has 2 aromatic heterocycles. The topological polar surface area (TPSA) is 84.2 Å². The lowest BCUT2D eigenvalue weighted by molar-refractivity contribution is 0.0951. The van der Waals surface area contributed by atoms with Gasteiger partial charge in [0.15, 0.2) is 0 Å². The Balaban J connectivity index is 1.62. The molecule has 0 aliphatic carbocycles.